The number of nitrogens with zero attached hydrogens (tertiary/aromatic N) is 8. The first-order valence-electron chi connectivity index (χ1n) is 40.7. The van der Waals surface area contributed by atoms with Crippen LogP contribution in [-0.4, -0.2) is 39.9 Å². The van der Waals surface area contributed by atoms with Crippen LogP contribution in [-0.2, 0) is 0 Å². The summed E-state index contributed by atoms with van der Waals surface area (Å²) in [4.78, 5) is 43.1. The normalized spacial score (nSPS) is 11.8. The molecular formula is C112H66N8. The minimum Gasteiger partial charge on any atom is -0.245 e. The molecule has 0 radical (unpaired) electrons. The summed E-state index contributed by atoms with van der Waals surface area (Å²) in [6, 6.07) is 141. The molecular weight excluding hydrogens is 1460 g/mol. The highest BCUT2D eigenvalue weighted by Crippen LogP contribution is 2.48. The first-order valence-corrected chi connectivity index (χ1v) is 40.7. The summed E-state index contributed by atoms with van der Waals surface area (Å²) in [6.45, 7) is 0. The fourth-order valence-electron chi connectivity index (χ4n) is 18.8. The quantitative estimate of drug-likeness (QED) is 0.109. The smallest absolute Gasteiger partial charge is 0.0978 e. The second kappa shape index (κ2) is 27.8. The summed E-state index contributed by atoms with van der Waals surface area (Å²) in [5.74, 6) is 0. The Hall–Kier alpha value is -16.2. The van der Waals surface area contributed by atoms with Gasteiger partial charge in [-0.1, -0.05) is 352 Å². The third-order valence-electron chi connectivity index (χ3n) is 24.2. The molecule has 8 nitrogen and oxygen atoms in total. The molecule has 0 aliphatic rings. The van der Waals surface area contributed by atoms with Crippen LogP contribution in [0, 0.1) is 0 Å². The second-order valence-electron chi connectivity index (χ2n) is 30.9. The lowest BCUT2D eigenvalue weighted by atomic mass is 9.88. The van der Waals surface area contributed by atoms with Crippen molar-refractivity contribution in [1.29, 1.82) is 0 Å². The fraction of sp³-hybridized carbons (Fsp3) is 0. The van der Waals surface area contributed by atoms with E-state index in [-0.39, 0.29) is 0 Å². The topological polar surface area (TPSA) is 103 Å². The molecule has 17 aromatic carbocycles. The molecule has 25 aromatic rings. The Morgan fingerprint density at radius 2 is 0.325 bits per heavy atom. The number of pyridine rings is 8. The molecule has 25 rings (SSSR count). The van der Waals surface area contributed by atoms with E-state index in [1.807, 2.05) is 0 Å². The average Bonchev–Trinajstić information content (AvgIpc) is 0.690. The van der Waals surface area contributed by atoms with E-state index in [1.54, 1.807) is 0 Å². The summed E-state index contributed by atoms with van der Waals surface area (Å²) in [6.07, 6.45) is 0. The van der Waals surface area contributed by atoms with Crippen LogP contribution in [0.5, 0.6) is 0 Å². The van der Waals surface area contributed by atoms with E-state index in [4.69, 9.17) is 39.9 Å². The summed E-state index contributed by atoms with van der Waals surface area (Å²) in [5.41, 5.74) is 28.3. The van der Waals surface area contributed by atoms with Crippen LogP contribution < -0.4 is 0 Å². The number of hydrogen-bond acceptors (Lipinski definition) is 8. The number of aromatic nitrogens is 8. The second-order valence-corrected chi connectivity index (χ2v) is 30.9. The zero-order valence-corrected chi connectivity index (χ0v) is 64.7. The molecule has 0 spiro atoms. The SMILES string of the molecule is c1ccc(-c2c3ccccc3nc3c2ccc2ccc(-c4c5ccccc5c(-c5ccc6ccc7c(-c8ccccc8)c8ccccc8nc7c6n5)c5ccccc45)nc23)cc1.c1ccc(-c2c3ccccc3nc3c2ccc2ccc(-c4ccc(-c5ccc6ccc7c(-c8ccccc8)c8ccccc8nc7c6n5)c5ccccc45)nc23)cc1. The maximum atomic E-state index is 5.56. The minimum absolute atomic E-state index is 0.887. The third-order valence-corrected chi connectivity index (χ3v) is 24.2. The lowest BCUT2D eigenvalue weighted by molar-refractivity contribution is 1.39. The Balaban J connectivity index is 0.000000137. The molecule has 0 saturated carbocycles. The van der Waals surface area contributed by atoms with E-state index in [2.05, 4.69) is 400 Å². The van der Waals surface area contributed by atoms with Gasteiger partial charge in [-0.2, -0.15) is 0 Å². The third kappa shape index (κ3) is 11.1. The van der Waals surface area contributed by atoms with Gasteiger partial charge < -0.3 is 0 Å². The molecule has 8 heteroatoms. The van der Waals surface area contributed by atoms with Crippen molar-refractivity contribution in [3.05, 3.63) is 400 Å². The van der Waals surface area contributed by atoms with Gasteiger partial charge in [0.15, 0.2) is 0 Å². The van der Waals surface area contributed by atoms with E-state index >= 15 is 0 Å². The van der Waals surface area contributed by atoms with Gasteiger partial charge in [-0.15, -0.1) is 0 Å². The maximum absolute atomic E-state index is 5.56. The Morgan fingerprint density at radius 1 is 0.117 bits per heavy atom. The Labute approximate surface area is 688 Å². The van der Waals surface area contributed by atoms with Crippen LogP contribution in [0.3, 0.4) is 0 Å². The van der Waals surface area contributed by atoms with Crippen molar-refractivity contribution in [3.63, 3.8) is 0 Å². The largest absolute Gasteiger partial charge is 0.245 e. The van der Waals surface area contributed by atoms with E-state index in [1.165, 1.54) is 33.4 Å². The molecule has 0 bridgehead atoms. The van der Waals surface area contributed by atoms with Gasteiger partial charge in [-0.3, -0.25) is 0 Å². The highest BCUT2D eigenvalue weighted by Gasteiger charge is 2.25. The van der Waals surface area contributed by atoms with E-state index < -0.39 is 0 Å². The number of para-hydroxylation sites is 4. The Morgan fingerprint density at radius 3 is 0.592 bits per heavy atom. The Kier molecular flexibility index (Phi) is 15.8. The average molecular weight is 1520 g/mol. The monoisotopic (exact) mass is 1520 g/mol. The first-order chi connectivity index (χ1) is 59.5. The van der Waals surface area contributed by atoms with Gasteiger partial charge in [0.25, 0.3) is 0 Å². The molecule has 0 atom stereocenters. The fourth-order valence-corrected chi connectivity index (χ4v) is 18.8. The summed E-state index contributed by atoms with van der Waals surface area (Å²) < 4.78 is 0. The highest BCUT2D eigenvalue weighted by atomic mass is 14.8. The molecule has 0 aliphatic carbocycles. The molecule has 0 fully saturated rings. The molecule has 8 aromatic heterocycles. The van der Waals surface area contributed by atoms with Gasteiger partial charge in [0.1, 0.15) is 0 Å². The van der Waals surface area contributed by atoms with Crippen molar-refractivity contribution in [2.24, 2.45) is 0 Å². The predicted octanol–water partition coefficient (Wildman–Crippen LogP) is 29.2. The number of benzene rings is 17. The van der Waals surface area contributed by atoms with Crippen LogP contribution in [0.25, 0.3) is 253 Å². The van der Waals surface area contributed by atoms with Crippen molar-refractivity contribution in [2.45, 2.75) is 0 Å². The van der Waals surface area contributed by atoms with Gasteiger partial charge in [0.2, 0.25) is 0 Å². The van der Waals surface area contributed by atoms with Gasteiger partial charge >= 0.3 is 0 Å². The van der Waals surface area contributed by atoms with Crippen molar-refractivity contribution < 1.29 is 0 Å². The molecule has 0 unspecified atom stereocenters. The van der Waals surface area contributed by atoms with Crippen LogP contribution >= 0.6 is 0 Å². The summed E-state index contributed by atoms with van der Waals surface area (Å²) in [5, 5.41) is 19.8. The van der Waals surface area contributed by atoms with Gasteiger partial charge in [0.05, 0.1) is 89.0 Å². The number of fused-ring (bicyclic) bond motifs is 19. The van der Waals surface area contributed by atoms with Gasteiger partial charge in [0, 0.05) is 109 Å². The molecule has 0 aliphatic heterocycles. The van der Waals surface area contributed by atoms with Crippen molar-refractivity contribution in [1.82, 2.24) is 39.9 Å². The molecule has 0 saturated heterocycles. The zero-order valence-electron chi connectivity index (χ0n) is 64.7. The van der Waals surface area contributed by atoms with Crippen molar-refractivity contribution in [3.8, 4) is 89.5 Å². The molecule has 0 amide bonds. The van der Waals surface area contributed by atoms with Gasteiger partial charge in [-0.05, 0) is 103 Å². The molecule has 554 valence electrons. The van der Waals surface area contributed by atoms with E-state index in [0.717, 1.165) is 219 Å². The summed E-state index contributed by atoms with van der Waals surface area (Å²) in [7, 11) is 0. The van der Waals surface area contributed by atoms with Crippen LogP contribution in [0.1, 0.15) is 0 Å². The standard InChI is InChI=1S/C58H34N4.C54H32N4/c1-3-15-35(16-4-1)51-43-23-11-13-25-47(43)59-57-45(51)31-27-37-29-33-49(61-55(37)57)53-39-19-7-9-21-41(39)54(42-22-10-8-20-40(42)53)50-34-30-38-28-32-46-52(36-17-5-2-6-18-36)44-24-12-14-26-48(44)60-58(46)56(38)62-50;1-3-13-33(14-4-1)49-41-19-9-11-21-45(41)57-53-43(49)27-23-35-25-31-47(55-51(35)53)39-29-30-40(38-18-8-7-17-37(38)39)48-32-26-36-24-28-44-50(34-15-5-2-6-16-34)42-20-10-12-22-46(42)58-54(44)52(36)56-48/h1-34H;1-32H. The minimum atomic E-state index is 0.887. The molecule has 0 N–H and O–H groups in total. The molecule has 8 heterocycles. The van der Waals surface area contributed by atoms with Crippen molar-refractivity contribution in [2.75, 3.05) is 0 Å². The lowest BCUT2D eigenvalue weighted by Crippen LogP contribution is -1.96. The maximum Gasteiger partial charge on any atom is 0.0978 e. The van der Waals surface area contributed by atoms with Gasteiger partial charge in [-0.25, -0.2) is 39.9 Å². The van der Waals surface area contributed by atoms with Crippen LogP contribution in [0.15, 0.2) is 400 Å². The van der Waals surface area contributed by atoms with Crippen LogP contribution in [0.2, 0.25) is 0 Å². The predicted molar refractivity (Wildman–Crippen MR) is 501 cm³/mol. The lowest BCUT2D eigenvalue weighted by Gasteiger charge is -2.18. The number of rotatable bonds is 8. The van der Waals surface area contributed by atoms with E-state index in [0.29, 0.717) is 0 Å². The summed E-state index contributed by atoms with van der Waals surface area (Å²) >= 11 is 0. The van der Waals surface area contributed by atoms with Crippen LogP contribution in [0.4, 0.5) is 0 Å². The first kappa shape index (κ1) is 68.3. The zero-order chi connectivity index (χ0) is 78.9. The Bertz CT molecular complexity index is 8040. The van der Waals surface area contributed by atoms with Crippen molar-refractivity contribution >= 4 is 163 Å². The molecule has 120 heavy (non-hydrogen) atoms. The number of hydrogen-bond donors (Lipinski definition) is 0. The van der Waals surface area contributed by atoms with E-state index in [9.17, 15) is 0 Å². The highest BCUT2D eigenvalue weighted by molar-refractivity contribution is 6.25.